The second-order valence-corrected chi connectivity index (χ2v) is 8.16. The summed E-state index contributed by atoms with van der Waals surface area (Å²) in [7, 11) is 3.77. The van der Waals surface area contributed by atoms with Gasteiger partial charge in [-0.3, -0.25) is 14.5 Å². The van der Waals surface area contributed by atoms with Gasteiger partial charge in [0.2, 0.25) is 0 Å². The molecule has 1 N–H and O–H groups in total. The van der Waals surface area contributed by atoms with Crippen molar-refractivity contribution in [3.05, 3.63) is 70.8 Å². The Balaban J connectivity index is 2.05. The minimum Gasteiger partial charge on any atom is -0.384 e. The molecule has 0 aliphatic carbocycles. The highest BCUT2D eigenvalue weighted by Gasteiger charge is 2.34. The second kappa shape index (κ2) is 9.63. The molecule has 1 saturated heterocycles. The monoisotopic (exact) mass is 422 g/mol. The van der Waals surface area contributed by atoms with Gasteiger partial charge in [0.1, 0.15) is 0 Å². The van der Waals surface area contributed by atoms with Gasteiger partial charge in [-0.25, -0.2) is 4.99 Å². The summed E-state index contributed by atoms with van der Waals surface area (Å²) < 4.78 is 0. The average molecular weight is 423 g/mol. The van der Waals surface area contributed by atoms with Gasteiger partial charge in [-0.15, -0.1) is 0 Å². The number of thioether (sulfide) groups is 1. The number of amidine groups is 1. The van der Waals surface area contributed by atoms with Gasteiger partial charge in [0.25, 0.3) is 5.91 Å². The highest BCUT2D eigenvalue weighted by atomic mass is 32.2. The fourth-order valence-electron chi connectivity index (χ4n) is 3.01. The molecule has 0 bridgehead atoms. The van der Waals surface area contributed by atoms with Crippen molar-refractivity contribution in [3.63, 3.8) is 0 Å². The van der Waals surface area contributed by atoms with E-state index in [0.717, 1.165) is 17.8 Å². The lowest BCUT2D eigenvalue weighted by molar-refractivity contribution is -0.122. The Bertz CT molecular complexity index is 1000. The predicted octanol–water partition coefficient (Wildman–Crippen LogP) is 4.49. The third-order valence-corrected chi connectivity index (χ3v) is 5.43. The summed E-state index contributed by atoms with van der Waals surface area (Å²) in [6, 6.07) is 15.3. The Kier molecular flexibility index (Phi) is 6.95. The Morgan fingerprint density at radius 1 is 1.20 bits per heavy atom. The van der Waals surface area contributed by atoms with Crippen LogP contribution in [0.3, 0.4) is 0 Å². The number of nitrogens with one attached hydrogen (secondary N) is 1. The van der Waals surface area contributed by atoms with E-state index in [9.17, 15) is 9.59 Å². The lowest BCUT2D eigenvalue weighted by Gasteiger charge is -2.17. The van der Waals surface area contributed by atoms with Crippen LogP contribution < -0.4 is 5.32 Å². The Labute approximate surface area is 181 Å². The number of benzene rings is 2. The maximum atomic E-state index is 13.1. The van der Waals surface area contributed by atoms with Crippen molar-refractivity contribution in [1.82, 2.24) is 9.80 Å². The van der Waals surface area contributed by atoms with E-state index in [0.29, 0.717) is 27.9 Å². The zero-order valence-electron chi connectivity index (χ0n) is 17.7. The van der Waals surface area contributed by atoms with Crippen LogP contribution in [-0.2, 0) is 11.3 Å². The van der Waals surface area contributed by atoms with E-state index >= 15 is 0 Å². The number of carbonyl (C=O) groups is 2. The fourth-order valence-corrected chi connectivity index (χ4v) is 4.07. The van der Waals surface area contributed by atoms with Gasteiger partial charge in [-0.2, -0.15) is 0 Å². The first kappa shape index (κ1) is 21.6. The number of anilines is 1. The molecule has 30 heavy (non-hydrogen) atoms. The topological polar surface area (TPSA) is 65.0 Å². The van der Waals surface area contributed by atoms with E-state index in [1.54, 1.807) is 17.0 Å². The average Bonchev–Trinajstić information content (AvgIpc) is 2.98. The molecule has 1 aliphatic heterocycles. The van der Waals surface area contributed by atoms with E-state index in [-0.39, 0.29) is 11.7 Å². The lowest BCUT2D eigenvalue weighted by atomic mass is 10.1. The third-order valence-electron chi connectivity index (χ3n) is 4.43. The Morgan fingerprint density at radius 2 is 1.93 bits per heavy atom. The SMILES string of the molecule is CCNc1ccc(C(C)=O)cc1N=C1S/C(=C\N(C)C)C(=O)N1Cc1ccccc1. The molecule has 1 heterocycles. The van der Waals surface area contributed by atoms with E-state index in [2.05, 4.69) is 5.32 Å². The summed E-state index contributed by atoms with van der Waals surface area (Å²) in [5.74, 6) is -0.104. The number of carbonyl (C=O) groups excluding carboxylic acids is 2. The second-order valence-electron chi connectivity index (χ2n) is 7.15. The van der Waals surface area contributed by atoms with Gasteiger partial charge in [-0.1, -0.05) is 30.3 Å². The quantitative estimate of drug-likeness (QED) is 0.526. The minimum atomic E-state index is -0.0796. The molecule has 3 rings (SSSR count). The summed E-state index contributed by atoms with van der Waals surface area (Å²) in [6.45, 7) is 4.69. The Morgan fingerprint density at radius 3 is 2.57 bits per heavy atom. The molecule has 0 radical (unpaired) electrons. The van der Waals surface area contributed by atoms with Crippen LogP contribution in [0, 0.1) is 0 Å². The van der Waals surface area contributed by atoms with Crippen LogP contribution in [0.2, 0.25) is 0 Å². The van der Waals surface area contributed by atoms with Gasteiger partial charge in [-0.05, 0) is 49.4 Å². The maximum Gasteiger partial charge on any atom is 0.268 e. The number of aliphatic imine (C=N–C) groups is 1. The summed E-state index contributed by atoms with van der Waals surface area (Å²) in [6.07, 6.45) is 1.81. The van der Waals surface area contributed by atoms with Crippen LogP contribution in [0.15, 0.2) is 64.6 Å². The van der Waals surface area contributed by atoms with Crippen LogP contribution in [-0.4, -0.2) is 47.3 Å². The van der Waals surface area contributed by atoms with E-state index < -0.39 is 0 Å². The first-order chi connectivity index (χ1) is 14.4. The van der Waals surface area contributed by atoms with E-state index in [1.165, 1.54) is 18.7 Å². The van der Waals surface area contributed by atoms with Crippen molar-refractivity contribution in [2.45, 2.75) is 20.4 Å². The Hall–Kier alpha value is -3.06. The van der Waals surface area contributed by atoms with Gasteiger partial charge in [0.05, 0.1) is 22.8 Å². The van der Waals surface area contributed by atoms with E-state index in [4.69, 9.17) is 4.99 Å². The zero-order valence-corrected chi connectivity index (χ0v) is 18.5. The van der Waals surface area contributed by atoms with Crippen molar-refractivity contribution < 1.29 is 9.59 Å². The molecular weight excluding hydrogens is 396 g/mol. The molecule has 0 atom stereocenters. The number of rotatable bonds is 7. The van der Waals surface area contributed by atoms with Crippen LogP contribution >= 0.6 is 11.8 Å². The molecule has 6 nitrogen and oxygen atoms in total. The largest absolute Gasteiger partial charge is 0.384 e. The molecule has 7 heteroatoms. The van der Waals surface area contributed by atoms with Crippen molar-refractivity contribution in [1.29, 1.82) is 0 Å². The number of nitrogens with zero attached hydrogens (tertiary/aromatic N) is 3. The highest BCUT2D eigenvalue weighted by Crippen LogP contribution is 2.36. The van der Waals surface area contributed by atoms with Crippen LogP contribution in [0.25, 0.3) is 0 Å². The van der Waals surface area contributed by atoms with Gasteiger partial charge >= 0.3 is 0 Å². The highest BCUT2D eigenvalue weighted by molar-refractivity contribution is 8.18. The normalized spacial score (nSPS) is 16.4. The summed E-state index contributed by atoms with van der Waals surface area (Å²) in [5.41, 5.74) is 3.08. The number of Topliss-reactive ketones (excluding diaryl/α,β-unsaturated/α-hetero) is 1. The van der Waals surface area contributed by atoms with Gasteiger partial charge in [0.15, 0.2) is 11.0 Å². The maximum absolute atomic E-state index is 13.1. The van der Waals surface area contributed by atoms with Crippen molar-refractivity contribution in [2.75, 3.05) is 26.0 Å². The lowest BCUT2D eigenvalue weighted by Crippen LogP contribution is -2.28. The molecule has 1 fully saturated rings. The first-order valence-electron chi connectivity index (χ1n) is 9.78. The van der Waals surface area contributed by atoms with Crippen molar-refractivity contribution in [3.8, 4) is 0 Å². The molecule has 2 aromatic carbocycles. The molecule has 156 valence electrons. The fraction of sp³-hybridized carbons (Fsp3) is 0.261. The minimum absolute atomic E-state index is 0.0241. The van der Waals surface area contributed by atoms with Crippen LogP contribution in [0.5, 0.6) is 0 Å². The number of hydrogen-bond donors (Lipinski definition) is 1. The van der Waals surface area contributed by atoms with Gasteiger partial charge < -0.3 is 10.2 Å². The molecule has 0 aromatic heterocycles. The summed E-state index contributed by atoms with van der Waals surface area (Å²) in [4.78, 5) is 33.9. The van der Waals surface area contributed by atoms with Gasteiger partial charge in [0, 0.05) is 32.4 Å². The first-order valence-corrected chi connectivity index (χ1v) is 10.6. The smallest absolute Gasteiger partial charge is 0.268 e. The molecule has 0 spiro atoms. The predicted molar refractivity (Wildman–Crippen MR) is 124 cm³/mol. The summed E-state index contributed by atoms with van der Waals surface area (Å²) >= 11 is 1.34. The van der Waals surface area contributed by atoms with Crippen LogP contribution in [0.4, 0.5) is 11.4 Å². The van der Waals surface area contributed by atoms with E-state index in [1.807, 2.05) is 68.5 Å². The van der Waals surface area contributed by atoms with Crippen molar-refractivity contribution >= 4 is 40.0 Å². The number of ketones is 1. The molecule has 1 aliphatic rings. The number of amides is 1. The zero-order chi connectivity index (χ0) is 21.7. The van der Waals surface area contributed by atoms with Crippen LogP contribution in [0.1, 0.15) is 29.8 Å². The molecular formula is C23H26N4O2S. The third kappa shape index (κ3) is 5.10. The number of hydrogen-bond acceptors (Lipinski definition) is 6. The molecule has 1 amide bonds. The molecule has 0 unspecified atom stereocenters. The standard InChI is InChI=1S/C23H26N4O2S/c1-5-24-19-12-11-18(16(2)28)13-20(19)25-23-27(14-17-9-7-6-8-10-17)22(29)21(30-23)15-26(3)4/h6-13,15,24H,5,14H2,1-4H3/b21-15-,25-23?. The molecule has 2 aromatic rings. The van der Waals surface area contributed by atoms with Crippen molar-refractivity contribution in [2.24, 2.45) is 4.99 Å². The summed E-state index contributed by atoms with van der Waals surface area (Å²) in [5, 5.41) is 3.88. The molecule has 0 saturated carbocycles.